The molecular formula is C10H11ClF2O2. The molecule has 1 unspecified atom stereocenters. The first-order valence-electron chi connectivity index (χ1n) is 4.35. The highest BCUT2D eigenvalue weighted by Gasteiger charge is 2.18. The van der Waals surface area contributed by atoms with Crippen LogP contribution < -0.4 is 4.74 Å². The third-order valence-corrected chi connectivity index (χ3v) is 2.19. The van der Waals surface area contributed by atoms with Crippen LogP contribution >= 0.6 is 11.6 Å². The second-order valence-electron chi connectivity index (χ2n) is 3.23. The molecule has 0 fully saturated rings. The zero-order valence-corrected chi connectivity index (χ0v) is 9.11. The second-order valence-corrected chi connectivity index (χ2v) is 3.64. The minimum absolute atomic E-state index is 0.153. The molecule has 0 aliphatic rings. The Morgan fingerprint density at radius 2 is 2.07 bits per heavy atom. The smallest absolute Gasteiger partial charge is 0.202 e. The van der Waals surface area contributed by atoms with Crippen molar-refractivity contribution in [2.24, 2.45) is 0 Å². The van der Waals surface area contributed by atoms with Crippen molar-refractivity contribution in [3.05, 3.63) is 28.3 Å². The van der Waals surface area contributed by atoms with Gasteiger partial charge in [0.25, 0.3) is 0 Å². The fraction of sp³-hybridized carbons (Fsp3) is 0.400. The highest BCUT2D eigenvalue weighted by atomic mass is 35.5. The molecule has 1 aromatic carbocycles. The maximum atomic E-state index is 13.3. The molecule has 0 aromatic heterocycles. The Morgan fingerprint density at radius 1 is 1.47 bits per heavy atom. The number of methoxy groups -OCH3 is 1. The van der Waals surface area contributed by atoms with Crippen LogP contribution in [-0.2, 0) is 6.42 Å². The first-order chi connectivity index (χ1) is 6.97. The lowest BCUT2D eigenvalue weighted by molar-refractivity contribution is 0.193. The van der Waals surface area contributed by atoms with Crippen LogP contribution in [-0.4, -0.2) is 18.3 Å². The average molecular weight is 237 g/mol. The van der Waals surface area contributed by atoms with Gasteiger partial charge in [-0.3, -0.25) is 0 Å². The van der Waals surface area contributed by atoms with E-state index in [0.29, 0.717) is 5.56 Å². The summed E-state index contributed by atoms with van der Waals surface area (Å²) in [7, 11) is 1.23. The van der Waals surface area contributed by atoms with Gasteiger partial charge in [0.05, 0.1) is 18.2 Å². The van der Waals surface area contributed by atoms with Gasteiger partial charge in [0.15, 0.2) is 11.6 Å². The van der Waals surface area contributed by atoms with Crippen molar-refractivity contribution in [2.75, 3.05) is 7.11 Å². The second kappa shape index (κ2) is 4.77. The van der Waals surface area contributed by atoms with Crippen LogP contribution in [0, 0.1) is 11.6 Å². The zero-order valence-electron chi connectivity index (χ0n) is 8.35. The summed E-state index contributed by atoms with van der Waals surface area (Å²) in [4.78, 5) is 0. The van der Waals surface area contributed by atoms with Gasteiger partial charge in [0.1, 0.15) is 0 Å². The number of hydrogen-bond donors (Lipinski definition) is 1. The van der Waals surface area contributed by atoms with Crippen LogP contribution in [0.5, 0.6) is 5.75 Å². The Morgan fingerprint density at radius 3 is 2.53 bits per heavy atom. The van der Waals surface area contributed by atoms with E-state index in [2.05, 4.69) is 0 Å². The number of benzene rings is 1. The minimum atomic E-state index is -1.14. The van der Waals surface area contributed by atoms with Gasteiger partial charge < -0.3 is 9.84 Å². The van der Waals surface area contributed by atoms with Crippen LogP contribution in [0.25, 0.3) is 0 Å². The van der Waals surface area contributed by atoms with Crippen LogP contribution in [0.15, 0.2) is 6.07 Å². The summed E-state index contributed by atoms with van der Waals surface area (Å²) in [6.45, 7) is 1.54. The molecule has 15 heavy (non-hydrogen) atoms. The van der Waals surface area contributed by atoms with E-state index < -0.39 is 17.7 Å². The topological polar surface area (TPSA) is 29.5 Å². The molecule has 0 radical (unpaired) electrons. The number of hydrogen-bond acceptors (Lipinski definition) is 2. The Kier molecular flexibility index (Phi) is 3.88. The van der Waals surface area contributed by atoms with Gasteiger partial charge in [0.2, 0.25) is 5.82 Å². The van der Waals surface area contributed by atoms with Gasteiger partial charge in [-0.05, 0) is 13.0 Å². The molecule has 0 amide bonds. The van der Waals surface area contributed by atoms with Gasteiger partial charge in [-0.2, -0.15) is 4.39 Å². The van der Waals surface area contributed by atoms with Crippen molar-refractivity contribution >= 4 is 11.6 Å². The van der Waals surface area contributed by atoms with Crippen LogP contribution in [0.2, 0.25) is 5.02 Å². The van der Waals surface area contributed by atoms with Crippen molar-refractivity contribution < 1.29 is 18.6 Å². The fourth-order valence-electron chi connectivity index (χ4n) is 1.32. The molecule has 2 nitrogen and oxygen atoms in total. The predicted octanol–water partition coefficient (Wildman–Crippen LogP) is 2.55. The molecule has 0 heterocycles. The summed E-state index contributed by atoms with van der Waals surface area (Å²) in [6, 6.07) is 1.26. The summed E-state index contributed by atoms with van der Waals surface area (Å²) < 4.78 is 31.1. The third-order valence-electron chi connectivity index (χ3n) is 1.91. The largest absolute Gasteiger partial charge is 0.493 e. The van der Waals surface area contributed by atoms with Crippen molar-refractivity contribution in [1.29, 1.82) is 0 Å². The van der Waals surface area contributed by atoms with Crippen LogP contribution in [0.1, 0.15) is 12.5 Å². The van der Waals surface area contributed by atoms with Gasteiger partial charge in [-0.15, -0.1) is 0 Å². The number of rotatable bonds is 3. The summed E-state index contributed by atoms with van der Waals surface area (Å²) in [5.41, 5.74) is 0.344. The van der Waals surface area contributed by atoms with Gasteiger partial charge in [-0.1, -0.05) is 11.6 Å². The first-order valence-corrected chi connectivity index (χ1v) is 4.73. The lowest BCUT2D eigenvalue weighted by atomic mass is 10.1. The molecule has 0 saturated carbocycles. The predicted molar refractivity (Wildman–Crippen MR) is 53.3 cm³/mol. The van der Waals surface area contributed by atoms with E-state index in [9.17, 15) is 8.78 Å². The molecule has 1 aromatic rings. The molecule has 1 N–H and O–H groups in total. The Balaban J connectivity index is 3.25. The van der Waals surface area contributed by atoms with Gasteiger partial charge >= 0.3 is 0 Å². The molecule has 84 valence electrons. The van der Waals surface area contributed by atoms with E-state index in [1.54, 1.807) is 0 Å². The van der Waals surface area contributed by atoms with E-state index in [1.165, 1.54) is 20.1 Å². The van der Waals surface area contributed by atoms with Gasteiger partial charge in [0, 0.05) is 12.0 Å². The highest BCUT2D eigenvalue weighted by Crippen LogP contribution is 2.31. The molecule has 1 atom stereocenters. The molecule has 0 bridgehead atoms. The maximum Gasteiger partial charge on any atom is 0.202 e. The number of halogens is 3. The summed E-state index contributed by atoms with van der Waals surface area (Å²) in [5, 5.41) is 8.85. The lowest BCUT2D eigenvalue weighted by Gasteiger charge is -2.12. The molecule has 0 aliphatic carbocycles. The minimum Gasteiger partial charge on any atom is -0.493 e. The molecule has 0 saturated heterocycles. The number of ether oxygens (including phenoxy) is 1. The number of aliphatic hydroxyl groups excluding tert-OH is 1. The summed E-state index contributed by atoms with van der Waals surface area (Å²) >= 11 is 5.48. The third kappa shape index (κ3) is 2.58. The van der Waals surface area contributed by atoms with E-state index in [-0.39, 0.29) is 17.2 Å². The standard InChI is InChI=1S/C10H11ClF2O2/c1-5(14)3-6-4-7(11)8(12)9(13)10(6)15-2/h4-5,14H,3H2,1-2H3. The quantitative estimate of drug-likeness (QED) is 0.818. The van der Waals surface area contributed by atoms with E-state index in [0.717, 1.165) is 0 Å². The average Bonchev–Trinajstić information content (AvgIpc) is 2.14. The van der Waals surface area contributed by atoms with E-state index >= 15 is 0 Å². The lowest BCUT2D eigenvalue weighted by Crippen LogP contribution is -2.07. The van der Waals surface area contributed by atoms with Crippen molar-refractivity contribution in [2.45, 2.75) is 19.4 Å². The Labute approximate surface area is 91.4 Å². The fourth-order valence-corrected chi connectivity index (χ4v) is 1.53. The SMILES string of the molecule is COc1c(CC(C)O)cc(Cl)c(F)c1F. The summed E-state index contributed by atoms with van der Waals surface area (Å²) in [6.07, 6.45) is -0.528. The Hall–Kier alpha value is -0.870. The monoisotopic (exact) mass is 236 g/mol. The Bertz CT molecular complexity index is 367. The van der Waals surface area contributed by atoms with E-state index in [1.807, 2.05) is 0 Å². The van der Waals surface area contributed by atoms with Crippen molar-refractivity contribution in [1.82, 2.24) is 0 Å². The van der Waals surface area contributed by atoms with Gasteiger partial charge in [-0.25, -0.2) is 4.39 Å². The zero-order chi connectivity index (χ0) is 11.6. The highest BCUT2D eigenvalue weighted by molar-refractivity contribution is 6.30. The molecule has 0 aliphatic heterocycles. The van der Waals surface area contributed by atoms with Crippen molar-refractivity contribution in [3.8, 4) is 5.75 Å². The number of aliphatic hydroxyl groups is 1. The first kappa shape index (κ1) is 12.2. The molecule has 5 heteroatoms. The summed E-state index contributed by atoms with van der Waals surface area (Å²) in [5.74, 6) is -2.47. The molecular weight excluding hydrogens is 226 g/mol. The maximum absolute atomic E-state index is 13.3. The molecule has 0 spiro atoms. The normalized spacial score (nSPS) is 12.7. The molecule has 1 rings (SSSR count). The van der Waals surface area contributed by atoms with Crippen molar-refractivity contribution in [3.63, 3.8) is 0 Å². The van der Waals surface area contributed by atoms with Crippen LogP contribution in [0.4, 0.5) is 8.78 Å². The van der Waals surface area contributed by atoms with E-state index in [4.69, 9.17) is 21.4 Å². The van der Waals surface area contributed by atoms with Crippen LogP contribution in [0.3, 0.4) is 0 Å².